The third kappa shape index (κ3) is 4.86. The van der Waals surface area contributed by atoms with Gasteiger partial charge in [0.25, 0.3) is 0 Å². The second-order valence-electron chi connectivity index (χ2n) is 5.04. The van der Waals surface area contributed by atoms with Crippen molar-refractivity contribution in [3.05, 3.63) is 42.5 Å². The molecule has 7 heteroatoms. The van der Waals surface area contributed by atoms with Crippen molar-refractivity contribution in [3.63, 3.8) is 0 Å². The molecule has 0 bridgehead atoms. The number of sulfone groups is 1. The van der Waals surface area contributed by atoms with E-state index in [4.69, 9.17) is 0 Å². The molecule has 0 saturated carbocycles. The predicted molar refractivity (Wildman–Crippen MR) is 83.0 cm³/mol. The third-order valence-corrected chi connectivity index (χ3v) is 4.98. The van der Waals surface area contributed by atoms with Gasteiger partial charge in [-0.15, -0.1) is 0 Å². The molecule has 1 heterocycles. The van der Waals surface area contributed by atoms with Crippen molar-refractivity contribution >= 4 is 15.5 Å². The van der Waals surface area contributed by atoms with E-state index in [1.807, 2.05) is 31.2 Å². The first-order valence-electron chi connectivity index (χ1n) is 6.87. The van der Waals surface area contributed by atoms with Crippen LogP contribution in [0, 0.1) is 0 Å². The van der Waals surface area contributed by atoms with Crippen molar-refractivity contribution in [1.82, 2.24) is 14.8 Å². The van der Waals surface area contributed by atoms with Gasteiger partial charge in [0.2, 0.25) is 0 Å². The highest BCUT2D eigenvalue weighted by Gasteiger charge is 2.13. The van der Waals surface area contributed by atoms with Crippen LogP contribution >= 0.6 is 0 Å². The topological polar surface area (TPSA) is 76.9 Å². The van der Waals surface area contributed by atoms with Gasteiger partial charge in [0.1, 0.15) is 12.7 Å². The Labute approximate surface area is 125 Å². The Morgan fingerprint density at radius 3 is 2.86 bits per heavy atom. The molecule has 0 spiro atoms. The molecule has 1 N–H and O–H groups in total. The van der Waals surface area contributed by atoms with Crippen LogP contribution < -0.4 is 5.32 Å². The first-order chi connectivity index (χ1) is 9.98. The van der Waals surface area contributed by atoms with E-state index >= 15 is 0 Å². The predicted octanol–water partition coefficient (Wildman–Crippen LogP) is 1.56. The maximum absolute atomic E-state index is 11.6. The molecule has 0 aliphatic carbocycles. The van der Waals surface area contributed by atoms with E-state index in [0.717, 1.165) is 11.3 Å². The van der Waals surface area contributed by atoms with Gasteiger partial charge in [-0.1, -0.05) is 19.1 Å². The van der Waals surface area contributed by atoms with Crippen LogP contribution in [0.2, 0.25) is 0 Å². The summed E-state index contributed by atoms with van der Waals surface area (Å²) in [6.07, 6.45) is 3.16. The standard InChI is InChI=1S/C14H20N4O2S/c1-3-21(19,20)9-12(2)17-14-6-4-5-13(7-14)8-18-11-15-10-16-18/h4-7,10-12,17H,3,8-9H2,1-2H3. The second kappa shape index (κ2) is 6.71. The molecule has 1 atom stereocenters. The lowest BCUT2D eigenvalue weighted by atomic mass is 10.2. The summed E-state index contributed by atoms with van der Waals surface area (Å²) < 4.78 is 25.0. The van der Waals surface area contributed by atoms with Gasteiger partial charge in [0.05, 0.1) is 12.3 Å². The van der Waals surface area contributed by atoms with Gasteiger partial charge in [0.15, 0.2) is 9.84 Å². The number of nitrogens with zero attached hydrogens (tertiary/aromatic N) is 3. The second-order valence-corrected chi connectivity index (χ2v) is 7.44. The van der Waals surface area contributed by atoms with Crippen LogP contribution in [0.25, 0.3) is 0 Å². The molecule has 2 rings (SSSR count). The summed E-state index contributed by atoms with van der Waals surface area (Å²) in [5.74, 6) is 0.308. The van der Waals surface area contributed by atoms with Crippen molar-refractivity contribution in [1.29, 1.82) is 0 Å². The SMILES string of the molecule is CCS(=O)(=O)CC(C)Nc1cccc(Cn2cncn2)c1. The highest BCUT2D eigenvalue weighted by Crippen LogP contribution is 2.13. The summed E-state index contributed by atoms with van der Waals surface area (Å²) >= 11 is 0. The van der Waals surface area contributed by atoms with E-state index in [0.29, 0.717) is 6.54 Å². The van der Waals surface area contributed by atoms with Crippen LogP contribution in [0.5, 0.6) is 0 Å². The minimum absolute atomic E-state index is 0.128. The minimum atomic E-state index is -2.97. The Kier molecular flexibility index (Phi) is 4.95. The molecule has 0 fully saturated rings. The molecule has 6 nitrogen and oxygen atoms in total. The lowest BCUT2D eigenvalue weighted by molar-refractivity contribution is 0.593. The molecule has 2 aromatic rings. The van der Waals surface area contributed by atoms with Crippen molar-refractivity contribution in [3.8, 4) is 0 Å². The minimum Gasteiger partial charge on any atom is -0.382 e. The smallest absolute Gasteiger partial charge is 0.152 e. The van der Waals surface area contributed by atoms with E-state index in [1.165, 1.54) is 6.33 Å². The van der Waals surface area contributed by atoms with Gasteiger partial charge in [-0.2, -0.15) is 5.10 Å². The van der Waals surface area contributed by atoms with Gasteiger partial charge < -0.3 is 5.32 Å². The molecule has 0 amide bonds. The van der Waals surface area contributed by atoms with E-state index in [9.17, 15) is 8.42 Å². The number of anilines is 1. The zero-order chi connectivity index (χ0) is 15.3. The molecule has 1 aromatic heterocycles. The van der Waals surface area contributed by atoms with Gasteiger partial charge >= 0.3 is 0 Å². The van der Waals surface area contributed by atoms with Gasteiger partial charge in [-0.3, -0.25) is 0 Å². The molecule has 0 aliphatic rings. The number of benzene rings is 1. The maximum Gasteiger partial charge on any atom is 0.152 e. The summed E-state index contributed by atoms with van der Waals surface area (Å²) in [5, 5.41) is 7.30. The quantitative estimate of drug-likeness (QED) is 0.840. The summed E-state index contributed by atoms with van der Waals surface area (Å²) in [5.41, 5.74) is 1.99. The zero-order valence-electron chi connectivity index (χ0n) is 12.2. The number of rotatable bonds is 7. The summed E-state index contributed by atoms with van der Waals surface area (Å²) in [7, 11) is -2.97. The van der Waals surface area contributed by atoms with Crippen molar-refractivity contribution in [2.24, 2.45) is 0 Å². The van der Waals surface area contributed by atoms with E-state index in [1.54, 1.807) is 17.9 Å². The molecule has 0 aliphatic heterocycles. The summed E-state index contributed by atoms with van der Waals surface area (Å²) in [4.78, 5) is 3.91. The fraction of sp³-hybridized carbons (Fsp3) is 0.429. The van der Waals surface area contributed by atoms with Crippen LogP contribution in [0.3, 0.4) is 0 Å². The fourth-order valence-corrected chi connectivity index (χ4v) is 3.17. The zero-order valence-corrected chi connectivity index (χ0v) is 13.0. The van der Waals surface area contributed by atoms with E-state index in [2.05, 4.69) is 15.4 Å². The maximum atomic E-state index is 11.6. The third-order valence-electron chi connectivity index (χ3n) is 3.09. The normalized spacial score (nSPS) is 13.0. The average Bonchev–Trinajstić information content (AvgIpc) is 2.91. The molecular formula is C14H20N4O2S. The highest BCUT2D eigenvalue weighted by molar-refractivity contribution is 7.91. The molecule has 114 valence electrons. The highest BCUT2D eigenvalue weighted by atomic mass is 32.2. The molecule has 0 radical (unpaired) electrons. The van der Waals surface area contributed by atoms with E-state index in [-0.39, 0.29) is 17.5 Å². The molecular weight excluding hydrogens is 288 g/mol. The molecule has 0 saturated heterocycles. The Balaban J connectivity index is 2.01. The fourth-order valence-electron chi connectivity index (χ4n) is 2.09. The number of hydrogen-bond acceptors (Lipinski definition) is 5. The number of aromatic nitrogens is 3. The molecule has 21 heavy (non-hydrogen) atoms. The van der Waals surface area contributed by atoms with Crippen LogP contribution in [0.15, 0.2) is 36.9 Å². The number of hydrogen-bond donors (Lipinski definition) is 1. The summed E-state index contributed by atoms with van der Waals surface area (Å²) in [6.45, 7) is 4.18. The summed E-state index contributed by atoms with van der Waals surface area (Å²) in [6, 6.07) is 7.74. The van der Waals surface area contributed by atoms with E-state index < -0.39 is 9.84 Å². The van der Waals surface area contributed by atoms with Crippen LogP contribution in [0.1, 0.15) is 19.4 Å². The van der Waals surface area contributed by atoms with Gasteiger partial charge in [0, 0.05) is 17.5 Å². The Bertz CT molecular complexity index is 668. The van der Waals surface area contributed by atoms with Gasteiger partial charge in [-0.05, 0) is 24.6 Å². The molecule has 1 unspecified atom stereocenters. The van der Waals surface area contributed by atoms with Crippen LogP contribution in [-0.2, 0) is 16.4 Å². The first kappa shape index (κ1) is 15.5. The lowest BCUT2D eigenvalue weighted by Crippen LogP contribution is -2.26. The van der Waals surface area contributed by atoms with Crippen molar-refractivity contribution < 1.29 is 8.42 Å². The Hall–Kier alpha value is -1.89. The van der Waals surface area contributed by atoms with Crippen molar-refractivity contribution in [2.45, 2.75) is 26.4 Å². The van der Waals surface area contributed by atoms with Crippen LogP contribution in [0.4, 0.5) is 5.69 Å². The largest absolute Gasteiger partial charge is 0.382 e. The Morgan fingerprint density at radius 1 is 1.38 bits per heavy atom. The first-order valence-corrected chi connectivity index (χ1v) is 8.69. The van der Waals surface area contributed by atoms with Crippen molar-refractivity contribution in [2.75, 3.05) is 16.8 Å². The van der Waals surface area contributed by atoms with Crippen LogP contribution in [-0.4, -0.2) is 40.7 Å². The lowest BCUT2D eigenvalue weighted by Gasteiger charge is -2.15. The molecule has 1 aromatic carbocycles. The number of nitrogens with one attached hydrogen (secondary N) is 1. The van der Waals surface area contributed by atoms with Gasteiger partial charge in [-0.25, -0.2) is 18.1 Å². The average molecular weight is 308 g/mol. The Morgan fingerprint density at radius 2 is 2.19 bits per heavy atom. The monoisotopic (exact) mass is 308 g/mol.